The Morgan fingerprint density at radius 2 is 1.86 bits per heavy atom. The number of ether oxygens (including phenoxy) is 1. The third-order valence-electron chi connectivity index (χ3n) is 8.15. The molecule has 2 fully saturated rings. The van der Waals surface area contributed by atoms with Crippen LogP contribution in [-0.4, -0.2) is 50.2 Å². The van der Waals surface area contributed by atoms with E-state index in [9.17, 15) is 13.2 Å². The fourth-order valence-corrected chi connectivity index (χ4v) is 7.00. The minimum Gasteiger partial charge on any atom is -0.496 e. The lowest BCUT2D eigenvalue weighted by Crippen LogP contribution is -2.50. The molecule has 1 aromatic rings. The van der Waals surface area contributed by atoms with Gasteiger partial charge < -0.3 is 10.1 Å². The SMILES string of the molecule is CCc1cc(C)c(/C=C/S(=O)(=O)N2CCC3(CC2)N=C(C2CCC(C)CC2)NC3=O)c(C)c1OC. The number of sulfonamides is 1. The molecule has 1 aliphatic carbocycles. The summed E-state index contributed by atoms with van der Waals surface area (Å²) in [5, 5.41) is 4.34. The number of rotatable bonds is 6. The van der Waals surface area contributed by atoms with Gasteiger partial charge in [0.05, 0.1) is 7.11 Å². The van der Waals surface area contributed by atoms with Crippen LogP contribution in [0.2, 0.25) is 0 Å². The molecule has 1 spiro atoms. The molecule has 4 rings (SSSR count). The van der Waals surface area contributed by atoms with Crippen LogP contribution in [0.5, 0.6) is 5.75 Å². The molecule has 2 aliphatic heterocycles. The molecule has 0 atom stereocenters. The number of hydrogen-bond donors (Lipinski definition) is 1. The van der Waals surface area contributed by atoms with E-state index in [1.165, 1.54) is 9.71 Å². The molecule has 3 aliphatic rings. The number of amides is 1. The Morgan fingerprint density at radius 1 is 1.20 bits per heavy atom. The fraction of sp³-hybridized carbons (Fsp3) is 0.630. The number of methoxy groups -OCH3 is 1. The number of carbonyl (C=O) groups is 1. The summed E-state index contributed by atoms with van der Waals surface area (Å²) in [7, 11) is -1.98. The Bertz CT molecular complexity index is 1140. The molecular weight excluding hydrogens is 462 g/mol. The van der Waals surface area contributed by atoms with Gasteiger partial charge in [-0.25, -0.2) is 8.42 Å². The maximum atomic E-state index is 13.2. The summed E-state index contributed by atoms with van der Waals surface area (Å²) in [5.74, 6) is 2.63. The van der Waals surface area contributed by atoms with E-state index in [0.717, 1.165) is 71.9 Å². The van der Waals surface area contributed by atoms with E-state index >= 15 is 0 Å². The molecular formula is C27H39N3O4S. The van der Waals surface area contributed by atoms with Gasteiger partial charge in [-0.3, -0.25) is 9.79 Å². The standard InChI is InChI=1S/C27H39N3O4S/c1-6-21-17-19(3)23(20(4)24(21)34-5)11-16-35(32,33)30-14-12-27(13-15-30)26(31)28-25(29-27)22-9-7-18(2)8-10-22/h11,16-18,22H,6-10,12-15H2,1-5H3,(H,28,29,31)/b16-11+. The highest BCUT2D eigenvalue weighted by Crippen LogP contribution is 2.36. The molecule has 7 nitrogen and oxygen atoms in total. The highest BCUT2D eigenvalue weighted by atomic mass is 32.2. The second kappa shape index (κ2) is 10.1. The number of aryl methyl sites for hydroxylation is 2. The quantitative estimate of drug-likeness (QED) is 0.627. The molecule has 0 aromatic heterocycles. The molecule has 8 heteroatoms. The Kier molecular flexibility index (Phi) is 7.44. The number of carbonyl (C=O) groups excluding carboxylic acids is 1. The second-order valence-corrected chi connectivity index (χ2v) is 12.3. The van der Waals surface area contributed by atoms with Crippen LogP contribution in [0, 0.1) is 25.7 Å². The highest BCUT2D eigenvalue weighted by molar-refractivity contribution is 7.92. The van der Waals surface area contributed by atoms with E-state index in [0.29, 0.717) is 18.8 Å². The second-order valence-electron chi connectivity index (χ2n) is 10.5. The number of piperidine rings is 1. The van der Waals surface area contributed by atoms with Gasteiger partial charge >= 0.3 is 0 Å². The summed E-state index contributed by atoms with van der Waals surface area (Å²) >= 11 is 0. The topological polar surface area (TPSA) is 88.1 Å². The molecule has 1 saturated carbocycles. The fourth-order valence-electron chi connectivity index (χ4n) is 5.83. The van der Waals surface area contributed by atoms with Crippen molar-refractivity contribution >= 4 is 27.8 Å². The largest absolute Gasteiger partial charge is 0.496 e. The van der Waals surface area contributed by atoms with E-state index in [1.807, 2.05) is 13.8 Å². The molecule has 1 N–H and O–H groups in total. The third kappa shape index (κ3) is 5.05. The number of hydrogen-bond acceptors (Lipinski definition) is 5. The van der Waals surface area contributed by atoms with Gasteiger partial charge in [0, 0.05) is 24.4 Å². The summed E-state index contributed by atoms with van der Waals surface area (Å²) < 4.78 is 33.4. The van der Waals surface area contributed by atoms with Crippen molar-refractivity contribution in [1.82, 2.24) is 9.62 Å². The van der Waals surface area contributed by atoms with Crippen molar-refractivity contribution in [3.05, 3.63) is 33.7 Å². The minimum atomic E-state index is -3.62. The van der Waals surface area contributed by atoms with Gasteiger partial charge in [-0.2, -0.15) is 4.31 Å². The number of amidine groups is 1. The molecule has 0 unspecified atom stereocenters. The zero-order valence-electron chi connectivity index (χ0n) is 21.7. The van der Waals surface area contributed by atoms with Gasteiger partial charge in [0.2, 0.25) is 10.0 Å². The lowest BCUT2D eigenvalue weighted by Gasteiger charge is -2.34. The first kappa shape index (κ1) is 25.9. The summed E-state index contributed by atoms with van der Waals surface area (Å²) in [6.07, 6.45) is 7.79. The summed E-state index contributed by atoms with van der Waals surface area (Å²) in [5.41, 5.74) is 3.12. The molecule has 1 saturated heterocycles. The van der Waals surface area contributed by atoms with Crippen molar-refractivity contribution < 1.29 is 17.9 Å². The lowest BCUT2D eigenvalue weighted by atomic mass is 9.82. The summed E-state index contributed by atoms with van der Waals surface area (Å²) in [6.45, 7) is 8.88. The average Bonchev–Trinajstić information content (AvgIpc) is 3.14. The normalized spacial score (nSPS) is 25.2. The third-order valence-corrected chi connectivity index (χ3v) is 9.72. The van der Waals surface area contributed by atoms with Crippen molar-refractivity contribution in [3.63, 3.8) is 0 Å². The summed E-state index contributed by atoms with van der Waals surface area (Å²) in [6, 6.07) is 2.06. The predicted molar refractivity (Wildman–Crippen MR) is 140 cm³/mol. The maximum Gasteiger partial charge on any atom is 0.253 e. The van der Waals surface area contributed by atoms with Gasteiger partial charge in [-0.15, -0.1) is 0 Å². The van der Waals surface area contributed by atoms with Gasteiger partial charge in [-0.05, 0) is 80.2 Å². The summed E-state index contributed by atoms with van der Waals surface area (Å²) in [4.78, 5) is 17.8. The van der Waals surface area contributed by atoms with Crippen LogP contribution in [0.3, 0.4) is 0 Å². The Labute approximate surface area is 210 Å². The molecule has 1 aromatic carbocycles. The molecule has 2 heterocycles. The molecule has 1 amide bonds. The van der Waals surface area contributed by atoms with Gasteiger partial charge in [0.25, 0.3) is 5.91 Å². The number of aliphatic imine (C=N–C) groups is 1. The number of nitrogens with zero attached hydrogens (tertiary/aromatic N) is 2. The van der Waals surface area contributed by atoms with E-state index in [2.05, 4.69) is 25.2 Å². The van der Waals surface area contributed by atoms with E-state index in [-0.39, 0.29) is 19.0 Å². The molecule has 192 valence electrons. The van der Waals surface area contributed by atoms with Gasteiger partial charge in [0.15, 0.2) is 0 Å². The van der Waals surface area contributed by atoms with Gasteiger partial charge in [-0.1, -0.05) is 32.8 Å². The Hall–Kier alpha value is -2.19. The van der Waals surface area contributed by atoms with E-state index in [4.69, 9.17) is 9.73 Å². The van der Waals surface area contributed by atoms with E-state index in [1.54, 1.807) is 13.2 Å². The van der Waals surface area contributed by atoms with Crippen LogP contribution in [0.1, 0.15) is 74.6 Å². The van der Waals surface area contributed by atoms with Gasteiger partial charge in [0.1, 0.15) is 17.1 Å². The van der Waals surface area contributed by atoms with Crippen LogP contribution in [0.15, 0.2) is 16.5 Å². The van der Waals surface area contributed by atoms with Crippen LogP contribution in [0.25, 0.3) is 6.08 Å². The van der Waals surface area contributed by atoms with Crippen LogP contribution in [0.4, 0.5) is 0 Å². The van der Waals surface area contributed by atoms with Crippen molar-refractivity contribution in [1.29, 1.82) is 0 Å². The molecule has 0 radical (unpaired) electrons. The van der Waals surface area contributed by atoms with E-state index < -0.39 is 15.6 Å². The van der Waals surface area contributed by atoms with Crippen molar-refractivity contribution in [2.75, 3.05) is 20.2 Å². The highest BCUT2D eigenvalue weighted by Gasteiger charge is 2.48. The smallest absolute Gasteiger partial charge is 0.253 e. The van der Waals surface area contributed by atoms with Crippen LogP contribution < -0.4 is 10.1 Å². The first-order chi connectivity index (χ1) is 16.6. The lowest BCUT2D eigenvalue weighted by molar-refractivity contribution is -0.124. The number of nitrogens with one attached hydrogen (secondary N) is 1. The number of benzene rings is 1. The van der Waals surface area contributed by atoms with Crippen molar-refractivity contribution in [2.24, 2.45) is 16.8 Å². The zero-order chi connectivity index (χ0) is 25.4. The van der Waals surface area contributed by atoms with Crippen LogP contribution in [-0.2, 0) is 21.2 Å². The predicted octanol–water partition coefficient (Wildman–Crippen LogP) is 4.36. The first-order valence-electron chi connectivity index (χ1n) is 12.9. The van der Waals surface area contributed by atoms with Crippen molar-refractivity contribution in [3.8, 4) is 5.75 Å². The molecule has 0 bridgehead atoms. The Morgan fingerprint density at radius 3 is 2.46 bits per heavy atom. The zero-order valence-corrected chi connectivity index (χ0v) is 22.5. The Balaban J connectivity index is 1.47. The van der Waals surface area contributed by atoms with Crippen LogP contribution >= 0.6 is 0 Å². The average molecular weight is 502 g/mol. The maximum absolute atomic E-state index is 13.2. The monoisotopic (exact) mass is 501 g/mol. The first-order valence-corrected chi connectivity index (χ1v) is 14.4. The van der Waals surface area contributed by atoms with Crippen molar-refractivity contribution in [2.45, 2.75) is 78.2 Å². The minimum absolute atomic E-state index is 0.0620. The molecule has 35 heavy (non-hydrogen) atoms.